The zero-order valence-electron chi connectivity index (χ0n) is 50.4. The molecular weight excluding hydrogens is 1190 g/mol. The molecule has 4 aromatic rings. The highest BCUT2D eigenvalue weighted by atomic mass is 16.5. The van der Waals surface area contributed by atoms with Crippen molar-refractivity contribution in [2.24, 2.45) is 66.6 Å². The summed E-state index contributed by atoms with van der Waals surface area (Å²) < 4.78 is 21.6. The van der Waals surface area contributed by atoms with Gasteiger partial charge in [0.05, 0.1) is 49.6 Å². The minimum atomic E-state index is -1.40. The van der Waals surface area contributed by atoms with Crippen molar-refractivity contribution < 1.29 is 67.2 Å². The highest BCUT2D eigenvalue weighted by Crippen LogP contribution is 2.28. The smallest absolute Gasteiger partial charge is 0.341 e. The molecule has 8 amide bonds. The molecule has 4 atom stereocenters. The lowest BCUT2D eigenvalue weighted by molar-refractivity contribution is -0.139. The number of nitrogens with one attached hydrogen (secondary N) is 8. The zero-order chi connectivity index (χ0) is 67.2. The molecule has 0 spiro atoms. The lowest BCUT2D eigenvalue weighted by atomic mass is 10.1. The molecule has 492 valence electrons. The Kier molecular flexibility index (Phi) is 29.5. The van der Waals surface area contributed by atoms with Gasteiger partial charge in [0.15, 0.2) is 24.5 Å². The summed E-state index contributed by atoms with van der Waals surface area (Å²) in [6, 6.07) is 11.2. The van der Waals surface area contributed by atoms with Crippen molar-refractivity contribution in [1.82, 2.24) is 21.3 Å². The third-order valence-electron chi connectivity index (χ3n) is 13.0. The van der Waals surface area contributed by atoms with Crippen LogP contribution in [-0.4, -0.2) is 161 Å². The number of carbonyl (C=O) groups is 9. The van der Waals surface area contributed by atoms with Crippen LogP contribution in [0.4, 0.5) is 22.7 Å². The molecule has 4 rings (SSSR count). The van der Waals surface area contributed by atoms with E-state index < -0.39 is 84.0 Å². The average Bonchev–Trinajstić information content (AvgIpc) is 1.43. The van der Waals surface area contributed by atoms with Gasteiger partial charge < -0.3 is 118 Å². The van der Waals surface area contributed by atoms with Gasteiger partial charge in [-0.3, -0.25) is 53.3 Å². The van der Waals surface area contributed by atoms with Crippen molar-refractivity contribution in [3.63, 3.8) is 0 Å². The Hall–Kier alpha value is -11.0. The predicted octanol–water partition coefficient (Wildman–Crippen LogP) is -1.80. The van der Waals surface area contributed by atoms with Crippen molar-refractivity contribution in [1.29, 1.82) is 0 Å². The minimum Gasteiger partial charge on any atom is -0.496 e. The number of primary amides is 1. The van der Waals surface area contributed by atoms with Gasteiger partial charge in [0.1, 0.15) is 41.1 Å². The Morgan fingerprint density at radius 2 is 0.791 bits per heavy atom. The van der Waals surface area contributed by atoms with Crippen LogP contribution < -0.4 is 113 Å². The van der Waals surface area contributed by atoms with Gasteiger partial charge in [0, 0.05) is 49.1 Å². The maximum absolute atomic E-state index is 14.4. The third-order valence-corrected chi connectivity index (χ3v) is 13.0. The molecule has 0 aliphatic carbocycles. The average molecular weight is 1270 g/mol. The van der Waals surface area contributed by atoms with Crippen LogP contribution in [0.15, 0.2) is 87.8 Å². The Morgan fingerprint density at radius 3 is 1.12 bits per heavy atom. The fourth-order valence-electron chi connectivity index (χ4n) is 8.58. The number of methoxy groups -OCH3 is 3. The lowest BCUT2D eigenvalue weighted by Gasteiger charge is -2.22. The van der Waals surface area contributed by atoms with Crippen molar-refractivity contribution >= 4 is 93.9 Å². The van der Waals surface area contributed by atoms with Crippen LogP contribution in [0.1, 0.15) is 92.8 Å². The van der Waals surface area contributed by atoms with E-state index in [-0.39, 0.29) is 151 Å². The first-order valence-corrected chi connectivity index (χ1v) is 28.2. The number of carboxylic acid groups (broad SMARTS) is 1. The number of ether oxygens (including phenoxy) is 4. The summed E-state index contributed by atoms with van der Waals surface area (Å²) in [6.07, 6.45) is 1.19. The van der Waals surface area contributed by atoms with Gasteiger partial charge in [-0.1, -0.05) is 0 Å². The van der Waals surface area contributed by atoms with Crippen LogP contribution >= 0.6 is 0 Å². The van der Waals surface area contributed by atoms with E-state index in [1.165, 1.54) is 88.1 Å². The first-order chi connectivity index (χ1) is 43.4. The summed E-state index contributed by atoms with van der Waals surface area (Å²) >= 11 is 0. The van der Waals surface area contributed by atoms with Gasteiger partial charge in [-0.2, -0.15) is 0 Å². The Bertz CT molecular complexity index is 3310. The molecular formula is C57H80N20O14. The van der Waals surface area contributed by atoms with E-state index in [1.807, 2.05) is 0 Å². The number of carboxylic acids is 1. The number of benzene rings is 4. The van der Waals surface area contributed by atoms with Gasteiger partial charge >= 0.3 is 5.97 Å². The number of carbonyl (C=O) groups excluding carboxylic acids is 8. The topological polar surface area (TPSA) is 578 Å². The second-order valence-corrected chi connectivity index (χ2v) is 19.8. The van der Waals surface area contributed by atoms with Crippen LogP contribution in [-0.2, 0) is 24.0 Å². The highest BCUT2D eigenvalue weighted by molar-refractivity contribution is 6.08. The van der Waals surface area contributed by atoms with Gasteiger partial charge in [-0.25, -0.2) is 4.79 Å². The second kappa shape index (κ2) is 37.0. The molecule has 0 saturated heterocycles. The quantitative estimate of drug-likeness (QED) is 0.0102. The summed E-state index contributed by atoms with van der Waals surface area (Å²) in [4.78, 5) is 134. The Labute approximate surface area is 522 Å². The number of guanidine groups is 3. The van der Waals surface area contributed by atoms with E-state index in [1.54, 1.807) is 0 Å². The molecule has 0 radical (unpaired) electrons. The number of amides is 8. The molecule has 0 unspecified atom stereocenters. The predicted molar refractivity (Wildman–Crippen MR) is 339 cm³/mol. The molecule has 0 aliphatic heterocycles. The van der Waals surface area contributed by atoms with E-state index in [0.717, 1.165) is 6.07 Å². The molecule has 34 heteroatoms. The monoisotopic (exact) mass is 1270 g/mol. The summed E-state index contributed by atoms with van der Waals surface area (Å²) in [7, 11) is 3.92. The highest BCUT2D eigenvalue weighted by Gasteiger charge is 2.29. The fraction of sp³-hybridized carbons (Fsp3) is 0.368. The normalized spacial score (nSPS) is 11.9. The van der Waals surface area contributed by atoms with Crippen molar-refractivity contribution in [3.8, 4) is 23.0 Å². The van der Waals surface area contributed by atoms with Gasteiger partial charge in [-0.15, -0.1) is 0 Å². The third kappa shape index (κ3) is 24.2. The number of anilines is 4. The molecule has 34 nitrogen and oxygen atoms in total. The summed E-state index contributed by atoms with van der Waals surface area (Å²) in [5.41, 5.74) is 49.9. The van der Waals surface area contributed by atoms with Crippen LogP contribution in [0.3, 0.4) is 0 Å². The summed E-state index contributed by atoms with van der Waals surface area (Å²) in [5.74, 6) is -8.52. The number of hydrogen-bond donors (Lipinski definition) is 18. The molecule has 0 aromatic heterocycles. The maximum atomic E-state index is 14.4. The molecule has 91 heavy (non-hydrogen) atoms. The van der Waals surface area contributed by atoms with Crippen LogP contribution in [0.25, 0.3) is 0 Å². The Morgan fingerprint density at radius 1 is 0.462 bits per heavy atom. The molecule has 0 heterocycles. The molecule has 4 aromatic carbocycles. The number of nitrogens with zero attached hydrogens (tertiary/aromatic N) is 3. The zero-order valence-corrected chi connectivity index (χ0v) is 50.4. The van der Waals surface area contributed by atoms with Crippen molar-refractivity contribution in [2.45, 2.75) is 75.5 Å². The van der Waals surface area contributed by atoms with Gasteiger partial charge in [0.25, 0.3) is 23.6 Å². The molecule has 0 saturated carbocycles. The lowest BCUT2D eigenvalue weighted by Crippen LogP contribution is -2.44. The van der Waals surface area contributed by atoms with Crippen LogP contribution in [0.5, 0.6) is 23.0 Å². The van der Waals surface area contributed by atoms with Gasteiger partial charge in [-0.05, 0) is 131 Å². The number of rotatable bonds is 38. The second-order valence-electron chi connectivity index (χ2n) is 19.8. The van der Waals surface area contributed by atoms with E-state index in [2.05, 4.69) is 57.5 Å². The van der Waals surface area contributed by atoms with E-state index in [4.69, 9.17) is 70.6 Å². The minimum absolute atomic E-state index is 0.00360. The number of hydrogen-bond acceptors (Lipinski definition) is 19. The Balaban J connectivity index is 1.65. The van der Waals surface area contributed by atoms with E-state index >= 15 is 0 Å². The van der Waals surface area contributed by atoms with E-state index in [0.29, 0.717) is 19.4 Å². The first-order valence-electron chi connectivity index (χ1n) is 28.2. The SMILES string of the molecule is COc1ccc(NC(=O)[C@@H](CCCN=C(N)N)NC(=O)c2cc(NC(=O)[C@@H](CCCN=C(N)N)NC(=O)c3cc(NC(=O)[C@@H](CCCN=C(N)N)NC(=O)c4cc(NC(=O)[C@H](N)CCCNCN)ccc4OC)ccc3OC)ccc2OCC(=O)O)cc1C(N)=O. The van der Waals surface area contributed by atoms with Crippen molar-refractivity contribution in [2.75, 3.05) is 82.1 Å². The van der Waals surface area contributed by atoms with Gasteiger partial charge in [0.2, 0.25) is 23.6 Å². The van der Waals surface area contributed by atoms with Crippen LogP contribution in [0.2, 0.25) is 0 Å². The standard InChI is InChI=1S/C57H80N20O14/c1-88-42-16-12-30(24-34(42)47(60)80)72-52(85)41(11-7-23-70-57(65)66)77-50(83)37-27-33(15-19-45(37)91-28-46(78)79)74-54(87)40(10-6-22-69-56(63)64)76-49(82)36-26-32(14-18-44(36)90-3)73-53(86)39(9-5-21-68-55(61)62)75-48(81)35-25-31(13-17-43(35)89-2)71-51(84)38(59)8-4-20-67-29-58/h12-19,24-27,38-41,67H,4-11,20-23,28-29,58-59H2,1-3H3,(H2,60,80)(H,71,84)(H,72,85)(H,73,86)(H,74,87)(H,75,81)(H,76,82)(H,77,83)(H,78,79)(H4,61,62,68)(H4,63,64,69)(H4,65,66,70)/t38-,39-,40-,41-/m1/s1. The first kappa shape index (κ1) is 72.5. The summed E-state index contributed by atoms with van der Waals surface area (Å²) in [5, 5.41) is 31.1. The summed E-state index contributed by atoms with van der Waals surface area (Å²) in [6.45, 7) is 0.0368. The van der Waals surface area contributed by atoms with Crippen LogP contribution in [0, 0.1) is 0 Å². The molecule has 27 N–H and O–H groups in total. The molecule has 0 bridgehead atoms. The number of aliphatic carboxylic acids is 1. The van der Waals surface area contributed by atoms with Crippen molar-refractivity contribution in [3.05, 3.63) is 95.1 Å². The number of aliphatic imine (C=N–C) groups is 3. The molecule has 0 fully saturated rings. The maximum Gasteiger partial charge on any atom is 0.341 e. The van der Waals surface area contributed by atoms with E-state index in [9.17, 15) is 48.3 Å². The fourth-order valence-corrected chi connectivity index (χ4v) is 8.58. The molecule has 0 aliphatic rings. The number of nitrogens with two attached hydrogens (primary N) is 9. The largest absolute Gasteiger partial charge is 0.496 e.